The van der Waals surface area contributed by atoms with E-state index in [0.29, 0.717) is 24.1 Å². The Hall–Kier alpha value is -2.41. The first kappa shape index (κ1) is 20.9. The summed E-state index contributed by atoms with van der Waals surface area (Å²) in [5, 5.41) is 12.2. The zero-order chi connectivity index (χ0) is 19.5. The van der Waals surface area contributed by atoms with Crippen LogP contribution in [0.15, 0.2) is 24.3 Å². The third-order valence-corrected chi connectivity index (χ3v) is 4.51. The maximum Gasteiger partial charge on any atom is 0.250 e. The van der Waals surface area contributed by atoms with Crippen LogP contribution in [0.2, 0.25) is 0 Å². The molecule has 0 radical (unpaired) electrons. The molecular weight excluding hydrogens is 362 g/mol. The van der Waals surface area contributed by atoms with Gasteiger partial charge in [0.2, 0.25) is 11.0 Å². The largest absolute Gasteiger partial charge is 0.490 e. The van der Waals surface area contributed by atoms with E-state index < -0.39 is 0 Å². The molecule has 0 fully saturated rings. The highest BCUT2D eigenvalue weighted by atomic mass is 32.1. The lowest BCUT2D eigenvalue weighted by molar-refractivity contribution is -0.111. The van der Waals surface area contributed by atoms with Gasteiger partial charge in [0.25, 0.3) is 0 Å². The molecule has 146 valence electrons. The molecule has 0 saturated carbocycles. The summed E-state index contributed by atoms with van der Waals surface area (Å²) in [5.74, 6) is 1.17. The van der Waals surface area contributed by atoms with Crippen molar-refractivity contribution in [1.82, 2.24) is 10.2 Å². The molecule has 6 nitrogen and oxygen atoms in total. The highest BCUT2D eigenvalue weighted by Crippen LogP contribution is 2.29. The molecular formula is C20H27N3O3S. The zero-order valence-corrected chi connectivity index (χ0v) is 17.0. The minimum absolute atomic E-state index is 0.240. The number of nitrogens with zero attached hydrogens (tertiary/aromatic N) is 2. The van der Waals surface area contributed by atoms with Gasteiger partial charge in [-0.2, -0.15) is 0 Å². The lowest BCUT2D eigenvalue weighted by Crippen LogP contribution is -2.07. The number of benzene rings is 1. The van der Waals surface area contributed by atoms with Crippen LogP contribution in [0.4, 0.5) is 5.13 Å². The van der Waals surface area contributed by atoms with E-state index in [4.69, 9.17) is 9.47 Å². The van der Waals surface area contributed by atoms with Crippen LogP contribution in [0.5, 0.6) is 11.5 Å². The number of rotatable bonds is 11. The van der Waals surface area contributed by atoms with Gasteiger partial charge in [0, 0.05) is 12.5 Å². The standard InChI is InChI=1S/C20H27N3O3S/c1-4-7-13-26-16-11-9-15(14-17(16)25-6-3)10-12-18(24)21-20-23-22-19(27-20)8-5-2/h9-12,14H,4-8,13H2,1-3H3,(H,21,23,24)/b12-10+. The van der Waals surface area contributed by atoms with Crippen molar-refractivity contribution in [3.63, 3.8) is 0 Å². The van der Waals surface area contributed by atoms with Crippen LogP contribution in [0.25, 0.3) is 6.08 Å². The van der Waals surface area contributed by atoms with Crippen LogP contribution < -0.4 is 14.8 Å². The van der Waals surface area contributed by atoms with Crippen LogP contribution in [0.1, 0.15) is 50.6 Å². The van der Waals surface area contributed by atoms with Gasteiger partial charge in [-0.05, 0) is 43.5 Å². The lowest BCUT2D eigenvalue weighted by atomic mass is 10.2. The molecule has 0 saturated heterocycles. The van der Waals surface area contributed by atoms with Crippen molar-refractivity contribution < 1.29 is 14.3 Å². The van der Waals surface area contributed by atoms with Crippen molar-refractivity contribution in [2.75, 3.05) is 18.5 Å². The molecule has 2 rings (SSSR count). The van der Waals surface area contributed by atoms with Gasteiger partial charge < -0.3 is 9.47 Å². The fourth-order valence-corrected chi connectivity index (χ4v) is 3.12. The SMILES string of the molecule is CCCCOc1ccc(/C=C/C(=O)Nc2nnc(CCC)s2)cc1OCC. The molecule has 0 aliphatic rings. The summed E-state index contributed by atoms with van der Waals surface area (Å²) in [6.07, 6.45) is 7.16. The molecule has 1 aromatic carbocycles. The van der Waals surface area contributed by atoms with Crippen LogP contribution in [-0.2, 0) is 11.2 Å². The highest BCUT2D eigenvalue weighted by molar-refractivity contribution is 7.15. The normalized spacial score (nSPS) is 10.9. The first-order valence-corrected chi connectivity index (χ1v) is 10.2. The van der Waals surface area contributed by atoms with Gasteiger partial charge in [0.15, 0.2) is 11.5 Å². The Balaban J connectivity index is 1.99. The highest BCUT2D eigenvalue weighted by Gasteiger charge is 2.07. The van der Waals surface area contributed by atoms with Crippen LogP contribution in [0, 0.1) is 0 Å². The molecule has 2 aromatic rings. The van der Waals surface area contributed by atoms with E-state index in [9.17, 15) is 4.79 Å². The zero-order valence-electron chi connectivity index (χ0n) is 16.2. The summed E-state index contributed by atoms with van der Waals surface area (Å²) in [6, 6.07) is 5.65. The Bertz CT molecular complexity index is 759. The molecule has 7 heteroatoms. The van der Waals surface area contributed by atoms with Crippen LogP contribution in [-0.4, -0.2) is 29.3 Å². The second-order valence-corrected chi connectivity index (χ2v) is 6.98. The van der Waals surface area contributed by atoms with E-state index in [2.05, 4.69) is 29.4 Å². The Labute approximate surface area is 164 Å². The molecule has 1 heterocycles. The number of hydrogen-bond acceptors (Lipinski definition) is 6. The van der Waals surface area contributed by atoms with E-state index >= 15 is 0 Å². The number of unbranched alkanes of at least 4 members (excludes halogenated alkanes) is 1. The maximum absolute atomic E-state index is 12.1. The van der Waals surface area contributed by atoms with Gasteiger partial charge in [0.1, 0.15) is 5.01 Å². The fraction of sp³-hybridized carbons (Fsp3) is 0.450. The molecule has 1 N–H and O–H groups in total. The van der Waals surface area contributed by atoms with Crippen molar-refractivity contribution in [3.8, 4) is 11.5 Å². The average Bonchev–Trinajstić information content (AvgIpc) is 3.09. The monoisotopic (exact) mass is 389 g/mol. The number of aromatic nitrogens is 2. The van der Waals surface area contributed by atoms with Crippen molar-refractivity contribution in [2.24, 2.45) is 0 Å². The summed E-state index contributed by atoms with van der Waals surface area (Å²) < 4.78 is 11.4. The minimum atomic E-state index is -0.240. The number of amides is 1. The number of ether oxygens (including phenoxy) is 2. The van der Waals surface area contributed by atoms with Crippen molar-refractivity contribution in [2.45, 2.75) is 46.5 Å². The van der Waals surface area contributed by atoms with E-state index in [1.807, 2.05) is 25.1 Å². The third-order valence-electron chi connectivity index (χ3n) is 3.61. The predicted octanol–water partition coefficient (Wildman–Crippen LogP) is 4.72. The second-order valence-electron chi connectivity index (χ2n) is 5.91. The Kier molecular flexibility index (Phi) is 8.77. The number of hydrogen-bond donors (Lipinski definition) is 1. The van der Waals surface area contributed by atoms with Crippen LogP contribution >= 0.6 is 11.3 Å². The molecule has 0 unspecified atom stereocenters. The predicted molar refractivity (Wildman–Crippen MR) is 110 cm³/mol. The van der Waals surface area contributed by atoms with E-state index in [1.165, 1.54) is 17.4 Å². The molecule has 27 heavy (non-hydrogen) atoms. The molecule has 1 aromatic heterocycles. The minimum Gasteiger partial charge on any atom is -0.490 e. The van der Waals surface area contributed by atoms with Gasteiger partial charge in [-0.25, -0.2) is 0 Å². The number of anilines is 1. The Morgan fingerprint density at radius 2 is 2.00 bits per heavy atom. The molecule has 0 bridgehead atoms. The van der Waals surface area contributed by atoms with E-state index in [1.54, 1.807) is 6.08 Å². The summed E-state index contributed by atoms with van der Waals surface area (Å²) in [4.78, 5) is 12.1. The maximum atomic E-state index is 12.1. The van der Waals surface area contributed by atoms with Gasteiger partial charge in [-0.3, -0.25) is 10.1 Å². The van der Waals surface area contributed by atoms with Gasteiger partial charge in [0.05, 0.1) is 13.2 Å². The Morgan fingerprint density at radius 1 is 1.15 bits per heavy atom. The van der Waals surface area contributed by atoms with E-state index in [-0.39, 0.29) is 5.91 Å². The van der Waals surface area contributed by atoms with Gasteiger partial charge >= 0.3 is 0 Å². The molecule has 0 atom stereocenters. The Morgan fingerprint density at radius 3 is 2.74 bits per heavy atom. The topological polar surface area (TPSA) is 73.3 Å². The molecule has 0 aliphatic heterocycles. The molecule has 1 amide bonds. The summed E-state index contributed by atoms with van der Waals surface area (Å²) in [6.45, 7) is 7.35. The number of carbonyl (C=O) groups excluding carboxylic acids is 1. The second kappa shape index (κ2) is 11.3. The van der Waals surface area contributed by atoms with Gasteiger partial charge in [-0.15, -0.1) is 10.2 Å². The van der Waals surface area contributed by atoms with Crippen molar-refractivity contribution >= 4 is 28.5 Å². The number of nitrogens with one attached hydrogen (secondary N) is 1. The average molecular weight is 390 g/mol. The number of aryl methyl sites for hydroxylation is 1. The van der Waals surface area contributed by atoms with Gasteiger partial charge in [-0.1, -0.05) is 37.7 Å². The lowest BCUT2D eigenvalue weighted by Gasteiger charge is -2.12. The van der Waals surface area contributed by atoms with Crippen molar-refractivity contribution in [1.29, 1.82) is 0 Å². The summed E-state index contributed by atoms with van der Waals surface area (Å²) in [5.41, 5.74) is 0.861. The fourth-order valence-electron chi connectivity index (χ4n) is 2.28. The quantitative estimate of drug-likeness (QED) is 0.445. The van der Waals surface area contributed by atoms with E-state index in [0.717, 1.165) is 42.0 Å². The molecule has 0 aliphatic carbocycles. The first-order valence-electron chi connectivity index (χ1n) is 9.37. The summed E-state index contributed by atoms with van der Waals surface area (Å²) >= 11 is 1.40. The first-order chi connectivity index (χ1) is 13.2. The van der Waals surface area contributed by atoms with Crippen molar-refractivity contribution in [3.05, 3.63) is 34.8 Å². The summed E-state index contributed by atoms with van der Waals surface area (Å²) in [7, 11) is 0. The smallest absolute Gasteiger partial charge is 0.250 e. The molecule has 0 spiro atoms. The third kappa shape index (κ3) is 7.02. The van der Waals surface area contributed by atoms with Crippen LogP contribution in [0.3, 0.4) is 0 Å². The number of carbonyl (C=O) groups is 1.